The summed E-state index contributed by atoms with van der Waals surface area (Å²) < 4.78 is 14.0. The monoisotopic (exact) mass is 298 g/mol. The number of hydrogen-bond donors (Lipinski definition) is 1. The van der Waals surface area contributed by atoms with E-state index in [4.69, 9.17) is 11.6 Å². The molecule has 1 fully saturated rings. The van der Waals surface area contributed by atoms with Crippen molar-refractivity contribution in [1.29, 1.82) is 0 Å². The molecular formula is C16H24ClFN2. The number of hydrogen-bond acceptors (Lipinski definition) is 2. The first-order valence-corrected chi connectivity index (χ1v) is 7.69. The average molecular weight is 299 g/mol. The molecule has 0 aliphatic carbocycles. The molecule has 1 saturated heterocycles. The van der Waals surface area contributed by atoms with E-state index in [1.165, 1.54) is 18.9 Å². The van der Waals surface area contributed by atoms with Crippen LogP contribution in [0.4, 0.5) is 4.39 Å². The Hall–Kier alpha value is -0.640. The van der Waals surface area contributed by atoms with Gasteiger partial charge in [0.1, 0.15) is 5.82 Å². The molecule has 1 unspecified atom stereocenters. The predicted octanol–water partition coefficient (Wildman–Crippen LogP) is 3.48. The first-order valence-electron chi connectivity index (χ1n) is 7.31. The molecular weight excluding hydrogens is 275 g/mol. The molecule has 0 aromatic heterocycles. The molecule has 0 bridgehead atoms. The van der Waals surface area contributed by atoms with Crippen molar-refractivity contribution < 1.29 is 4.39 Å². The van der Waals surface area contributed by atoms with Crippen molar-refractivity contribution in [3.8, 4) is 0 Å². The van der Waals surface area contributed by atoms with Crippen molar-refractivity contribution >= 4 is 11.6 Å². The highest BCUT2D eigenvalue weighted by atomic mass is 35.5. The van der Waals surface area contributed by atoms with Gasteiger partial charge in [-0.2, -0.15) is 0 Å². The summed E-state index contributed by atoms with van der Waals surface area (Å²) in [4.78, 5) is 2.50. The fourth-order valence-corrected chi connectivity index (χ4v) is 3.28. The van der Waals surface area contributed by atoms with Gasteiger partial charge in [-0.15, -0.1) is 0 Å². The van der Waals surface area contributed by atoms with E-state index in [2.05, 4.69) is 24.1 Å². The summed E-state index contributed by atoms with van der Waals surface area (Å²) in [6.45, 7) is 6.75. The van der Waals surface area contributed by atoms with E-state index in [-0.39, 0.29) is 17.4 Å². The van der Waals surface area contributed by atoms with E-state index in [0.29, 0.717) is 11.4 Å². The molecule has 0 saturated carbocycles. The summed E-state index contributed by atoms with van der Waals surface area (Å²) in [6, 6.07) is 5.15. The summed E-state index contributed by atoms with van der Waals surface area (Å²) >= 11 is 5.82. The summed E-state index contributed by atoms with van der Waals surface area (Å²) in [5.41, 5.74) is 0.734. The lowest BCUT2D eigenvalue weighted by Crippen LogP contribution is -2.57. The minimum absolute atomic E-state index is 0.0112. The van der Waals surface area contributed by atoms with E-state index in [1.807, 2.05) is 7.05 Å². The van der Waals surface area contributed by atoms with Gasteiger partial charge in [-0.25, -0.2) is 4.39 Å². The Morgan fingerprint density at radius 3 is 2.55 bits per heavy atom. The molecule has 1 heterocycles. The van der Waals surface area contributed by atoms with Crippen molar-refractivity contribution in [3.05, 3.63) is 34.6 Å². The van der Waals surface area contributed by atoms with Crippen molar-refractivity contribution in [2.24, 2.45) is 0 Å². The van der Waals surface area contributed by atoms with Crippen molar-refractivity contribution in [2.75, 3.05) is 20.1 Å². The fourth-order valence-electron chi connectivity index (χ4n) is 3.13. The minimum atomic E-state index is -0.213. The van der Waals surface area contributed by atoms with Crippen LogP contribution in [0.25, 0.3) is 0 Å². The first kappa shape index (κ1) is 15.7. The van der Waals surface area contributed by atoms with Crippen LogP contribution in [0.2, 0.25) is 5.02 Å². The second-order valence-electron chi connectivity index (χ2n) is 6.13. The molecule has 1 aliphatic heterocycles. The van der Waals surface area contributed by atoms with E-state index in [1.54, 1.807) is 12.1 Å². The summed E-state index contributed by atoms with van der Waals surface area (Å²) in [7, 11) is 1.95. The molecule has 2 rings (SSSR count). The molecule has 1 N–H and O–H groups in total. The van der Waals surface area contributed by atoms with Gasteiger partial charge in [0, 0.05) is 16.6 Å². The number of nitrogens with one attached hydrogen (secondary N) is 1. The van der Waals surface area contributed by atoms with Gasteiger partial charge in [0.15, 0.2) is 0 Å². The standard InChI is InChI=1S/C16H24ClFN2/c1-16(2,20-8-4-5-9-20)15(19-3)10-12-6-7-13(17)11-14(12)18/h6-7,11,15,19H,4-5,8-10H2,1-3H3. The Morgan fingerprint density at radius 2 is 2.00 bits per heavy atom. The third-order valence-corrected chi connectivity index (χ3v) is 4.80. The van der Waals surface area contributed by atoms with Gasteiger partial charge in [-0.3, -0.25) is 4.90 Å². The van der Waals surface area contributed by atoms with Crippen LogP contribution in [0.1, 0.15) is 32.3 Å². The Kier molecular flexibility index (Phi) is 5.05. The first-order chi connectivity index (χ1) is 9.45. The minimum Gasteiger partial charge on any atom is -0.315 e. The molecule has 1 aromatic carbocycles. The highest BCUT2D eigenvalue weighted by Gasteiger charge is 2.36. The molecule has 1 aliphatic rings. The topological polar surface area (TPSA) is 15.3 Å². The van der Waals surface area contributed by atoms with Gasteiger partial charge in [-0.05, 0) is 70.9 Å². The van der Waals surface area contributed by atoms with Crippen molar-refractivity contribution in [1.82, 2.24) is 10.2 Å². The molecule has 0 amide bonds. The highest BCUT2D eigenvalue weighted by Crippen LogP contribution is 2.27. The normalized spacial score (nSPS) is 18.4. The van der Waals surface area contributed by atoms with E-state index in [9.17, 15) is 4.39 Å². The van der Waals surface area contributed by atoms with E-state index in [0.717, 1.165) is 18.7 Å². The Balaban J connectivity index is 2.15. The summed E-state index contributed by atoms with van der Waals surface area (Å²) in [5, 5.41) is 3.82. The van der Waals surface area contributed by atoms with Gasteiger partial charge >= 0.3 is 0 Å². The lowest BCUT2D eigenvalue weighted by atomic mass is 9.87. The highest BCUT2D eigenvalue weighted by molar-refractivity contribution is 6.30. The molecule has 1 aromatic rings. The molecule has 4 heteroatoms. The van der Waals surface area contributed by atoms with Gasteiger partial charge in [0.25, 0.3) is 0 Å². The van der Waals surface area contributed by atoms with E-state index >= 15 is 0 Å². The van der Waals surface area contributed by atoms with Gasteiger partial charge in [0.2, 0.25) is 0 Å². The van der Waals surface area contributed by atoms with Crippen molar-refractivity contribution in [3.63, 3.8) is 0 Å². The molecule has 0 spiro atoms. The van der Waals surface area contributed by atoms with Gasteiger partial charge in [0.05, 0.1) is 0 Å². The summed E-state index contributed by atoms with van der Waals surface area (Å²) in [6.07, 6.45) is 3.19. The van der Waals surface area contributed by atoms with Gasteiger partial charge in [-0.1, -0.05) is 17.7 Å². The molecule has 112 valence electrons. The Bertz CT molecular complexity index is 456. The average Bonchev–Trinajstić information content (AvgIpc) is 2.92. The number of benzene rings is 1. The third-order valence-electron chi connectivity index (χ3n) is 4.56. The van der Waals surface area contributed by atoms with Crippen molar-refractivity contribution in [2.45, 2.75) is 44.7 Å². The van der Waals surface area contributed by atoms with Crippen LogP contribution in [0.15, 0.2) is 18.2 Å². The van der Waals surface area contributed by atoms with Crippen LogP contribution < -0.4 is 5.32 Å². The number of halogens is 2. The SMILES string of the molecule is CNC(Cc1ccc(Cl)cc1F)C(C)(C)N1CCCC1. The van der Waals surface area contributed by atoms with Crippen LogP contribution in [-0.2, 0) is 6.42 Å². The molecule has 0 radical (unpaired) electrons. The largest absolute Gasteiger partial charge is 0.315 e. The predicted molar refractivity (Wildman–Crippen MR) is 82.8 cm³/mol. The quantitative estimate of drug-likeness (QED) is 0.895. The van der Waals surface area contributed by atoms with Crippen LogP contribution in [0.5, 0.6) is 0 Å². The van der Waals surface area contributed by atoms with Crippen LogP contribution >= 0.6 is 11.6 Å². The zero-order valence-electron chi connectivity index (χ0n) is 12.5. The lowest BCUT2D eigenvalue weighted by molar-refractivity contribution is 0.110. The maximum Gasteiger partial charge on any atom is 0.127 e. The molecule has 1 atom stereocenters. The fraction of sp³-hybridized carbons (Fsp3) is 0.625. The Morgan fingerprint density at radius 1 is 1.35 bits per heavy atom. The van der Waals surface area contributed by atoms with E-state index < -0.39 is 0 Å². The smallest absolute Gasteiger partial charge is 0.127 e. The number of likely N-dealkylation sites (tertiary alicyclic amines) is 1. The van der Waals surface area contributed by atoms with Gasteiger partial charge < -0.3 is 5.32 Å². The number of rotatable bonds is 5. The Labute approximate surface area is 126 Å². The van der Waals surface area contributed by atoms with Crippen LogP contribution in [0, 0.1) is 5.82 Å². The van der Waals surface area contributed by atoms with Crippen LogP contribution in [0.3, 0.4) is 0 Å². The summed E-state index contributed by atoms with van der Waals surface area (Å²) in [5.74, 6) is -0.213. The number of likely N-dealkylation sites (N-methyl/N-ethyl adjacent to an activating group) is 1. The second-order valence-corrected chi connectivity index (χ2v) is 6.57. The third kappa shape index (κ3) is 3.33. The zero-order valence-corrected chi connectivity index (χ0v) is 13.3. The molecule has 20 heavy (non-hydrogen) atoms. The second kappa shape index (κ2) is 6.42. The lowest BCUT2D eigenvalue weighted by Gasteiger charge is -2.42. The zero-order chi connectivity index (χ0) is 14.8. The number of nitrogens with zero attached hydrogens (tertiary/aromatic N) is 1. The maximum absolute atomic E-state index is 14.0. The van der Waals surface area contributed by atoms with Crippen LogP contribution in [-0.4, -0.2) is 36.6 Å². The molecule has 2 nitrogen and oxygen atoms in total. The maximum atomic E-state index is 14.0.